The molecule has 1 unspecified atom stereocenters. The second-order valence-electron chi connectivity index (χ2n) is 5.46. The molecule has 7 heteroatoms. The molecule has 1 aromatic carbocycles. The Morgan fingerprint density at radius 2 is 1.88 bits per heavy atom. The van der Waals surface area contributed by atoms with E-state index in [1.54, 1.807) is 18.2 Å². The standard InChI is InChI=1S/C19H22O7/c1-5-15(25-12(2)20)13-6-8-16(18(10-13)22-3)24-11-14-7-9-17(26-14)19(21)23-4/h6-10,15H,5,11H2,1-4H3. The highest BCUT2D eigenvalue weighted by Gasteiger charge is 2.16. The van der Waals surface area contributed by atoms with Crippen LogP contribution in [0.1, 0.15) is 48.3 Å². The Kier molecular flexibility index (Phi) is 6.66. The molecule has 0 bridgehead atoms. The van der Waals surface area contributed by atoms with Gasteiger partial charge in [-0.15, -0.1) is 0 Å². The Bertz CT molecular complexity index is 763. The molecule has 0 aliphatic heterocycles. The summed E-state index contributed by atoms with van der Waals surface area (Å²) in [6, 6.07) is 8.49. The smallest absolute Gasteiger partial charge is 0.373 e. The van der Waals surface area contributed by atoms with Crippen molar-refractivity contribution < 1.29 is 33.0 Å². The zero-order valence-electron chi connectivity index (χ0n) is 15.2. The fourth-order valence-electron chi connectivity index (χ4n) is 2.41. The summed E-state index contributed by atoms with van der Waals surface area (Å²) in [6.45, 7) is 3.43. The zero-order chi connectivity index (χ0) is 19.1. The second kappa shape index (κ2) is 8.94. The lowest BCUT2D eigenvalue weighted by Crippen LogP contribution is -2.08. The molecule has 0 fully saturated rings. The second-order valence-corrected chi connectivity index (χ2v) is 5.46. The van der Waals surface area contributed by atoms with Crippen LogP contribution in [-0.4, -0.2) is 26.2 Å². The monoisotopic (exact) mass is 362 g/mol. The minimum Gasteiger partial charge on any atom is -0.493 e. The lowest BCUT2D eigenvalue weighted by atomic mass is 10.1. The molecule has 1 aromatic heterocycles. The van der Waals surface area contributed by atoms with E-state index in [1.807, 2.05) is 13.0 Å². The van der Waals surface area contributed by atoms with Crippen LogP contribution < -0.4 is 9.47 Å². The molecule has 26 heavy (non-hydrogen) atoms. The Morgan fingerprint density at radius 3 is 2.50 bits per heavy atom. The van der Waals surface area contributed by atoms with Crippen molar-refractivity contribution in [3.05, 3.63) is 47.4 Å². The SMILES string of the molecule is CCC(OC(C)=O)c1ccc(OCc2ccc(C(=O)OC)o2)c(OC)c1. The molecule has 1 heterocycles. The Morgan fingerprint density at radius 1 is 1.12 bits per heavy atom. The fourth-order valence-corrected chi connectivity index (χ4v) is 2.41. The van der Waals surface area contributed by atoms with Gasteiger partial charge in [0.2, 0.25) is 5.76 Å². The molecular weight excluding hydrogens is 340 g/mol. The number of furan rings is 1. The number of methoxy groups -OCH3 is 2. The van der Waals surface area contributed by atoms with Crippen molar-refractivity contribution >= 4 is 11.9 Å². The van der Waals surface area contributed by atoms with Crippen molar-refractivity contribution in [2.75, 3.05) is 14.2 Å². The van der Waals surface area contributed by atoms with Gasteiger partial charge in [0.15, 0.2) is 11.5 Å². The highest BCUT2D eigenvalue weighted by atomic mass is 16.5. The van der Waals surface area contributed by atoms with E-state index in [0.717, 1.165) is 5.56 Å². The van der Waals surface area contributed by atoms with Gasteiger partial charge in [-0.05, 0) is 36.2 Å². The number of benzene rings is 1. The largest absolute Gasteiger partial charge is 0.493 e. The van der Waals surface area contributed by atoms with Gasteiger partial charge in [-0.2, -0.15) is 0 Å². The molecule has 2 aromatic rings. The molecule has 0 radical (unpaired) electrons. The van der Waals surface area contributed by atoms with Crippen molar-refractivity contribution in [2.24, 2.45) is 0 Å². The van der Waals surface area contributed by atoms with Crippen molar-refractivity contribution in [2.45, 2.75) is 33.0 Å². The summed E-state index contributed by atoms with van der Waals surface area (Å²) in [6.07, 6.45) is 0.300. The van der Waals surface area contributed by atoms with Gasteiger partial charge in [-0.25, -0.2) is 4.79 Å². The van der Waals surface area contributed by atoms with Crippen LogP contribution in [0.3, 0.4) is 0 Å². The minimum absolute atomic E-state index is 0.112. The number of rotatable bonds is 8. The number of carbonyl (C=O) groups excluding carboxylic acids is 2. The van der Waals surface area contributed by atoms with Crippen LogP contribution in [0.5, 0.6) is 11.5 Å². The first-order chi connectivity index (χ1) is 12.5. The van der Waals surface area contributed by atoms with Gasteiger partial charge in [0.25, 0.3) is 0 Å². The van der Waals surface area contributed by atoms with Crippen LogP contribution in [-0.2, 0) is 20.9 Å². The average Bonchev–Trinajstić information content (AvgIpc) is 3.12. The molecule has 0 saturated heterocycles. The third-order valence-electron chi connectivity index (χ3n) is 3.66. The summed E-state index contributed by atoms with van der Waals surface area (Å²) < 4.78 is 26.3. The molecule has 140 valence electrons. The van der Waals surface area contributed by atoms with Gasteiger partial charge >= 0.3 is 11.9 Å². The first-order valence-electron chi connectivity index (χ1n) is 8.13. The van der Waals surface area contributed by atoms with Gasteiger partial charge in [0, 0.05) is 6.92 Å². The van der Waals surface area contributed by atoms with Crippen LogP contribution in [0.2, 0.25) is 0 Å². The molecule has 7 nitrogen and oxygen atoms in total. The van der Waals surface area contributed by atoms with E-state index in [0.29, 0.717) is 23.7 Å². The minimum atomic E-state index is -0.547. The average molecular weight is 362 g/mol. The van der Waals surface area contributed by atoms with Gasteiger partial charge in [0.05, 0.1) is 14.2 Å². The van der Waals surface area contributed by atoms with E-state index >= 15 is 0 Å². The van der Waals surface area contributed by atoms with Crippen molar-refractivity contribution in [1.82, 2.24) is 0 Å². The molecule has 0 saturated carbocycles. The number of hydrogen-bond donors (Lipinski definition) is 0. The maximum atomic E-state index is 11.4. The lowest BCUT2D eigenvalue weighted by Gasteiger charge is -2.17. The van der Waals surface area contributed by atoms with Gasteiger partial charge in [0.1, 0.15) is 18.5 Å². The zero-order valence-corrected chi connectivity index (χ0v) is 15.2. The van der Waals surface area contributed by atoms with Crippen molar-refractivity contribution in [3.63, 3.8) is 0 Å². The molecule has 0 aliphatic carbocycles. The van der Waals surface area contributed by atoms with E-state index in [1.165, 1.54) is 27.2 Å². The van der Waals surface area contributed by atoms with Crippen LogP contribution in [0.4, 0.5) is 0 Å². The highest BCUT2D eigenvalue weighted by molar-refractivity contribution is 5.86. The maximum absolute atomic E-state index is 11.4. The Labute approximate surface area is 151 Å². The topological polar surface area (TPSA) is 84.2 Å². The lowest BCUT2D eigenvalue weighted by molar-refractivity contribution is -0.146. The predicted molar refractivity (Wildman–Crippen MR) is 92.2 cm³/mol. The summed E-state index contributed by atoms with van der Waals surface area (Å²) in [5.74, 6) is 0.714. The number of hydrogen-bond acceptors (Lipinski definition) is 7. The summed E-state index contributed by atoms with van der Waals surface area (Å²) in [4.78, 5) is 22.6. The van der Waals surface area contributed by atoms with Gasteiger partial charge < -0.3 is 23.4 Å². The summed E-state index contributed by atoms with van der Waals surface area (Å²) in [7, 11) is 2.81. The van der Waals surface area contributed by atoms with E-state index in [9.17, 15) is 9.59 Å². The molecule has 0 amide bonds. The summed E-state index contributed by atoms with van der Waals surface area (Å²) >= 11 is 0. The number of esters is 2. The van der Waals surface area contributed by atoms with Gasteiger partial charge in [-0.1, -0.05) is 13.0 Å². The van der Waals surface area contributed by atoms with Gasteiger partial charge in [-0.3, -0.25) is 4.79 Å². The van der Waals surface area contributed by atoms with Crippen LogP contribution in [0, 0.1) is 0 Å². The summed E-state index contributed by atoms with van der Waals surface area (Å²) in [5.41, 5.74) is 0.817. The number of ether oxygens (including phenoxy) is 4. The van der Waals surface area contributed by atoms with Crippen LogP contribution in [0.15, 0.2) is 34.7 Å². The molecule has 0 aliphatic rings. The summed E-state index contributed by atoms with van der Waals surface area (Å²) in [5, 5.41) is 0. The van der Waals surface area contributed by atoms with Crippen molar-refractivity contribution in [3.8, 4) is 11.5 Å². The van der Waals surface area contributed by atoms with E-state index < -0.39 is 5.97 Å². The van der Waals surface area contributed by atoms with E-state index in [4.69, 9.17) is 18.6 Å². The molecule has 0 N–H and O–H groups in total. The highest BCUT2D eigenvalue weighted by Crippen LogP contribution is 2.33. The third kappa shape index (κ3) is 4.78. The van der Waals surface area contributed by atoms with Crippen molar-refractivity contribution in [1.29, 1.82) is 0 Å². The molecule has 1 atom stereocenters. The molecule has 0 spiro atoms. The van der Waals surface area contributed by atoms with E-state index in [2.05, 4.69) is 4.74 Å². The third-order valence-corrected chi connectivity index (χ3v) is 3.66. The van der Waals surface area contributed by atoms with Crippen LogP contribution in [0.25, 0.3) is 0 Å². The molecular formula is C19H22O7. The first kappa shape index (κ1) is 19.4. The normalized spacial score (nSPS) is 11.5. The Hall–Kier alpha value is -2.96. The Balaban J connectivity index is 2.11. The quantitative estimate of drug-likeness (QED) is 0.662. The maximum Gasteiger partial charge on any atom is 0.373 e. The fraction of sp³-hybridized carbons (Fsp3) is 0.368. The first-order valence-corrected chi connectivity index (χ1v) is 8.13. The predicted octanol–water partition coefficient (Wildman–Crippen LogP) is 3.67. The van der Waals surface area contributed by atoms with Crippen LogP contribution >= 0.6 is 0 Å². The number of carbonyl (C=O) groups is 2. The van der Waals surface area contributed by atoms with E-state index in [-0.39, 0.29) is 24.4 Å². The molecule has 2 rings (SSSR count).